The van der Waals surface area contributed by atoms with E-state index in [0.29, 0.717) is 11.4 Å². The molecule has 0 radical (unpaired) electrons. The molecule has 21 heavy (non-hydrogen) atoms. The Kier molecular flexibility index (Phi) is 7.20. The molecule has 1 unspecified atom stereocenters. The molecular weight excluding hydrogens is 274 g/mol. The SMILES string of the molecule is COC(CN)CC(=O)Nc1ccc(OCCC(N)=O)cc1. The number of nitrogens with one attached hydrogen (secondary N) is 1. The molecule has 116 valence electrons. The lowest BCUT2D eigenvalue weighted by molar-refractivity contribution is -0.119. The fourth-order valence-electron chi connectivity index (χ4n) is 1.59. The Morgan fingerprint density at radius 1 is 1.29 bits per heavy atom. The molecule has 0 spiro atoms. The van der Waals surface area contributed by atoms with Gasteiger partial charge < -0.3 is 26.3 Å². The van der Waals surface area contributed by atoms with Gasteiger partial charge in [-0.25, -0.2) is 0 Å². The summed E-state index contributed by atoms with van der Waals surface area (Å²) in [4.78, 5) is 22.3. The van der Waals surface area contributed by atoms with Gasteiger partial charge in [0.15, 0.2) is 0 Å². The quantitative estimate of drug-likeness (QED) is 0.603. The molecule has 0 saturated carbocycles. The number of hydrogen-bond acceptors (Lipinski definition) is 5. The van der Waals surface area contributed by atoms with Gasteiger partial charge in [0, 0.05) is 19.3 Å². The molecule has 1 aromatic rings. The summed E-state index contributed by atoms with van der Waals surface area (Å²) in [7, 11) is 1.52. The summed E-state index contributed by atoms with van der Waals surface area (Å²) >= 11 is 0. The smallest absolute Gasteiger partial charge is 0.227 e. The van der Waals surface area contributed by atoms with Gasteiger partial charge in [-0.3, -0.25) is 9.59 Å². The molecule has 0 aliphatic rings. The number of benzene rings is 1. The van der Waals surface area contributed by atoms with Gasteiger partial charge in [0.05, 0.1) is 25.6 Å². The Bertz CT molecular complexity index is 458. The molecule has 7 heteroatoms. The maximum Gasteiger partial charge on any atom is 0.227 e. The number of anilines is 1. The molecule has 0 aliphatic heterocycles. The first-order valence-electron chi connectivity index (χ1n) is 6.59. The Balaban J connectivity index is 2.43. The zero-order valence-corrected chi connectivity index (χ0v) is 12.0. The lowest BCUT2D eigenvalue weighted by Gasteiger charge is -2.13. The normalized spacial score (nSPS) is 11.7. The van der Waals surface area contributed by atoms with Crippen LogP contribution in [0.2, 0.25) is 0 Å². The van der Waals surface area contributed by atoms with Gasteiger partial charge in [-0.2, -0.15) is 0 Å². The van der Waals surface area contributed by atoms with E-state index >= 15 is 0 Å². The summed E-state index contributed by atoms with van der Waals surface area (Å²) < 4.78 is 10.4. The summed E-state index contributed by atoms with van der Waals surface area (Å²) in [5.41, 5.74) is 11.1. The fraction of sp³-hybridized carbons (Fsp3) is 0.429. The highest BCUT2D eigenvalue weighted by atomic mass is 16.5. The lowest BCUT2D eigenvalue weighted by Crippen LogP contribution is -2.28. The van der Waals surface area contributed by atoms with E-state index in [0.717, 1.165) is 0 Å². The minimum atomic E-state index is -0.411. The first kappa shape index (κ1) is 16.9. The average Bonchev–Trinajstić information content (AvgIpc) is 2.46. The first-order chi connectivity index (χ1) is 10.0. The monoisotopic (exact) mass is 295 g/mol. The third-order valence-corrected chi connectivity index (χ3v) is 2.76. The Morgan fingerprint density at radius 3 is 2.48 bits per heavy atom. The van der Waals surface area contributed by atoms with E-state index in [4.69, 9.17) is 20.9 Å². The Morgan fingerprint density at radius 2 is 1.95 bits per heavy atom. The zero-order chi connectivity index (χ0) is 15.7. The summed E-state index contributed by atoms with van der Waals surface area (Å²) in [5, 5.41) is 2.74. The molecule has 7 nitrogen and oxygen atoms in total. The van der Waals surface area contributed by atoms with Crippen molar-refractivity contribution >= 4 is 17.5 Å². The molecule has 0 aromatic heterocycles. The summed E-state index contributed by atoms with van der Waals surface area (Å²) in [6, 6.07) is 6.82. The van der Waals surface area contributed by atoms with Crippen molar-refractivity contribution in [2.45, 2.75) is 18.9 Å². The molecule has 1 atom stereocenters. The van der Waals surface area contributed by atoms with Crippen molar-refractivity contribution in [1.82, 2.24) is 0 Å². The topological polar surface area (TPSA) is 117 Å². The number of carbonyl (C=O) groups is 2. The predicted octanol–water partition coefficient (Wildman–Crippen LogP) is 0.243. The van der Waals surface area contributed by atoms with Crippen LogP contribution in [0.1, 0.15) is 12.8 Å². The van der Waals surface area contributed by atoms with Crippen LogP contribution in [0.5, 0.6) is 5.75 Å². The second-order valence-electron chi connectivity index (χ2n) is 4.43. The standard InChI is InChI=1S/C14H21N3O4/c1-20-12(9-15)8-14(19)17-10-2-4-11(5-3-10)21-7-6-13(16)18/h2-5,12H,6-9,15H2,1H3,(H2,16,18)(H,17,19). The number of hydrogen-bond donors (Lipinski definition) is 3. The van der Waals surface area contributed by atoms with Gasteiger partial charge >= 0.3 is 0 Å². The van der Waals surface area contributed by atoms with E-state index in [9.17, 15) is 9.59 Å². The number of rotatable bonds is 9. The number of nitrogens with two attached hydrogens (primary N) is 2. The minimum Gasteiger partial charge on any atom is -0.493 e. The van der Waals surface area contributed by atoms with Gasteiger partial charge in [-0.15, -0.1) is 0 Å². The Labute approximate surface area is 123 Å². The third-order valence-electron chi connectivity index (χ3n) is 2.76. The molecule has 0 fully saturated rings. The van der Waals surface area contributed by atoms with Crippen molar-refractivity contribution < 1.29 is 19.1 Å². The summed E-state index contributed by atoms with van der Waals surface area (Å²) in [6.45, 7) is 0.517. The minimum absolute atomic E-state index is 0.163. The van der Waals surface area contributed by atoms with E-state index < -0.39 is 5.91 Å². The van der Waals surface area contributed by atoms with E-state index in [1.54, 1.807) is 24.3 Å². The average molecular weight is 295 g/mol. The van der Waals surface area contributed by atoms with Crippen LogP contribution in [-0.2, 0) is 14.3 Å². The van der Waals surface area contributed by atoms with Gasteiger partial charge in [-0.1, -0.05) is 0 Å². The van der Waals surface area contributed by atoms with Crippen molar-refractivity contribution in [1.29, 1.82) is 0 Å². The number of amides is 2. The molecule has 1 aromatic carbocycles. The van der Waals surface area contributed by atoms with E-state index in [1.807, 2.05) is 0 Å². The molecule has 5 N–H and O–H groups in total. The second-order valence-corrected chi connectivity index (χ2v) is 4.43. The molecular formula is C14H21N3O4. The maximum atomic E-state index is 11.7. The fourth-order valence-corrected chi connectivity index (χ4v) is 1.59. The van der Waals surface area contributed by atoms with E-state index in [-0.39, 0.29) is 38.0 Å². The number of methoxy groups -OCH3 is 1. The van der Waals surface area contributed by atoms with Crippen LogP contribution in [0.15, 0.2) is 24.3 Å². The number of carbonyl (C=O) groups excluding carboxylic acids is 2. The molecule has 0 heterocycles. The van der Waals surface area contributed by atoms with Crippen molar-refractivity contribution in [2.75, 3.05) is 25.6 Å². The largest absolute Gasteiger partial charge is 0.493 e. The summed E-state index contributed by atoms with van der Waals surface area (Å²) in [6.07, 6.45) is 0.0706. The Hall–Kier alpha value is -2.12. The predicted molar refractivity (Wildman–Crippen MR) is 78.8 cm³/mol. The zero-order valence-electron chi connectivity index (χ0n) is 12.0. The second kappa shape index (κ2) is 8.93. The van der Waals surface area contributed by atoms with Crippen LogP contribution in [0, 0.1) is 0 Å². The first-order valence-corrected chi connectivity index (χ1v) is 6.59. The molecule has 0 aliphatic carbocycles. The van der Waals surface area contributed by atoms with Gasteiger partial charge in [0.25, 0.3) is 0 Å². The highest BCUT2D eigenvalue weighted by Gasteiger charge is 2.11. The number of ether oxygens (including phenoxy) is 2. The van der Waals surface area contributed by atoms with Crippen LogP contribution in [0.25, 0.3) is 0 Å². The van der Waals surface area contributed by atoms with Crippen LogP contribution in [0.4, 0.5) is 5.69 Å². The van der Waals surface area contributed by atoms with E-state index in [2.05, 4.69) is 5.32 Å². The van der Waals surface area contributed by atoms with Crippen LogP contribution in [-0.4, -0.2) is 38.2 Å². The molecule has 0 saturated heterocycles. The summed E-state index contributed by atoms with van der Waals surface area (Å²) in [5.74, 6) is 0.0205. The lowest BCUT2D eigenvalue weighted by atomic mass is 10.2. The molecule has 0 bridgehead atoms. The van der Waals surface area contributed by atoms with Crippen molar-refractivity contribution in [3.05, 3.63) is 24.3 Å². The van der Waals surface area contributed by atoms with Crippen molar-refractivity contribution in [2.24, 2.45) is 11.5 Å². The van der Waals surface area contributed by atoms with Crippen molar-refractivity contribution in [3.63, 3.8) is 0 Å². The third kappa shape index (κ3) is 6.73. The highest BCUT2D eigenvalue weighted by Crippen LogP contribution is 2.16. The molecule has 1 rings (SSSR count). The van der Waals surface area contributed by atoms with Gasteiger partial charge in [0.2, 0.25) is 11.8 Å². The van der Waals surface area contributed by atoms with Gasteiger partial charge in [-0.05, 0) is 24.3 Å². The van der Waals surface area contributed by atoms with Crippen LogP contribution < -0.4 is 21.5 Å². The highest BCUT2D eigenvalue weighted by molar-refractivity contribution is 5.91. The van der Waals surface area contributed by atoms with E-state index in [1.165, 1.54) is 7.11 Å². The maximum absolute atomic E-state index is 11.7. The van der Waals surface area contributed by atoms with Crippen LogP contribution in [0.3, 0.4) is 0 Å². The molecule has 2 amide bonds. The number of primary amides is 1. The van der Waals surface area contributed by atoms with Crippen molar-refractivity contribution in [3.8, 4) is 5.75 Å². The van der Waals surface area contributed by atoms with Crippen LogP contribution >= 0.6 is 0 Å². The van der Waals surface area contributed by atoms with Gasteiger partial charge in [0.1, 0.15) is 5.75 Å².